The molecule has 0 bridgehead atoms. The van der Waals surface area contributed by atoms with Crippen LogP contribution >= 0.6 is 0 Å². The van der Waals surface area contributed by atoms with Gasteiger partial charge in [-0.15, -0.1) is 0 Å². The molecule has 23 heavy (non-hydrogen) atoms. The summed E-state index contributed by atoms with van der Waals surface area (Å²) in [5, 5.41) is 18.4. The normalized spacial score (nSPS) is 20.2. The molecule has 1 aromatic rings. The molecule has 2 atom stereocenters. The third-order valence-corrected chi connectivity index (χ3v) is 4.48. The first-order valence-corrected chi connectivity index (χ1v) is 8.02. The maximum absolute atomic E-state index is 9.32. The van der Waals surface area contributed by atoms with E-state index >= 15 is 0 Å². The number of nitrogens with zero attached hydrogens (tertiary/aromatic N) is 3. The van der Waals surface area contributed by atoms with E-state index < -0.39 is 0 Å². The van der Waals surface area contributed by atoms with Crippen LogP contribution in [0.25, 0.3) is 0 Å². The molecule has 0 spiro atoms. The Hall–Kier alpha value is -2.53. The van der Waals surface area contributed by atoms with Crippen LogP contribution < -0.4 is 11.5 Å². The number of nitrogens with two attached hydrogens (primary N) is 2. The lowest BCUT2D eigenvalue weighted by Crippen LogP contribution is -2.10. The van der Waals surface area contributed by atoms with Gasteiger partial charge in [-0.1, -0.05) is 25.5 Å². The summed E-state index contributed by atoms with van der Waals surface area (Å²) in [6, 6.07) is 3.98. The van der Waals surface area contributed by atoms with Crippen LogP contribution in [0.3, 0.4) is 0 Å². The summed E-state index contributed by atoms with van der Waals surface area (Å²) in [4.78, 5) is 4.24. The Balaban J connectivity index is 2.14. The van der Waals surface area contributed by atoms with Crippen LogP contribution in [0.1, 0.15) is 56.4 Å². The maximum atomic E-state index is 9.32. The molecule has 4 N–H and O–H groups in total. The first kappa shape index (κ1) is 16.8. The van der Waals surface area contributed by atoms with Crippen molar-refractivity contribution in [2.24, 2.45) is 11.8 Å². The van der Waals surface area contributed by atoms with Gasteiger partial charge in [0, 0.05) is 0 Å². The zero-order chi connectivity index (χ0) is 17.0. The number of allylic oxidation sites excluding steroid dienone is 2. The Kier molecular flexibility index (Phi) is 5.24. The first-order valence-electron chi connectivity index (χ1n) is 8.02. The van der Waals surface area contributed by atoms with Gasteiger partial charge in [-0.05, 0) is 43.9 Å². The number of nitriles is 2. The zero-order valence-corrected chi connectivity index (χ0v) is 13.8. The quantitative estimate of drug-likeness (QED) is 0.828. The van der Waals surface area contributed by atoms with E-state index in [9.17, 15) is 5.26 Å². The number of pyridine rings is 1. The number of hydrogen-bond acceptors (Lipinski definition) is 5. The molecule has 5 heteroatoms. The van der Waals surface area contributed by atoms with Gasteiger partial charge in [-0.3, -0.25) is 0 Å². The second-order valence-electron chi connectivity index (χ2n) is 6.59. The van der Waals surface area contributed by atoms with Crippen molar-refractivity contribution in [3.05, 3.63) is 28.5 Å². The molecule has 2 unspecified atom stereocenters. The van der Waals surface area contributed by atoms with Crippen molar-refractivity contribution < 1.29 is 0 Å². The summed E-state index contributed by atoms with van der Waals surface area (Å²) in [5.74, 6) is 1.24. The zero-order valence-electron chi connectivity index (χ0n) is 13.8. The Bertz CT molecular complexity index is 706. The van der Waals surface area contributed by atoms with Crippen LogP contribution in [0.2, 0.25) is 0 Å². The summed E-state index contributed by atoms with van der Waals surface area (Å²) >= 11 is 0. The van der Waals surface area contributed by atoms with Crippen molar-refractivity contribution in [2.45, 2.75) is 46.0 Å². The van der Waals surface area contributed by atoms with Crippen LogP contribution in [-0.4, -0.2) is 4.98 Å². The van der Waals surface area contributed by atoms with Crippen molar-refractivity contribution in [1.82, 2.24) is 4.98 Å². The molecule has 1 saturated carbocycles. The average molecular weight is 309 g/mol. The van der Waals surface area contributed by atoms with Crippen LogP contribution in [0.5, 0.6) is 0 Å². The molecule has 0 aromatic carbocycles. The molecule has 1 aromatic heterocycles. The number of rotatable bonds is 4. The van der Waals surface area contributed by atoms with Crippen molar-refractivity contribution >= 4 is 11.5 Å². The van der Waals surface area contributed by atoms with Crippen LogP contribution in [0.15, 0.2) is 11.6 Å². The van der Waals surface area contributed by atoms with Gasteiger partial charge < -0.3 is 11.5 Å². The van der Waals surface area contributed by atoms with Crippen molar-refractivity contribution in [3.63, 3.8) is 0 Å². The van der Waals surface area contributed by atoms with E-state index in [4.69, 9.17) is 16.7 Å². The molecule has 0 saturated heterocycles. The van der Waals surface area contributed by atoms with Gasteiger partial charge in [0.15, 0.2) is 0 Å². The molecule has 1 aliphatic rings. The summed E-state index contributed by atoms with van der Waals surface area (Å²) in [7, 11) is 0. The Labute approximate surface area is 137 Å². The van der Waals surface area contributed by atoms with Crippen LogP contribution in [0.4, 0.5) is 11.5 Å². The monoisotopic (exact) mass is 309 g/mol. The Morgan fingerprint density at radius 3 is 2.57 bits per heavy atom. The predicted octanol–water partition coefficient (Wildman–Crippen LogP) is 3.30. The topological polar surface area (TPSA) is 113 Å². The molecule has 5 nitrogen and oxygen atoms in total. The van der Waals surface area contributed by atoms with E-state index in [1.807, 2.05) is 6.07 Å². The lowest BCUT2D eigenvalue weighted by Gasteiger charge is -2.13. The Morgan fingerprint density at radius 2 is 2.00 bits per heavy atom. The largest absolute Gasteiger partial charge is 0.396 e. The van der Waals surface area contributed by atoms with Gasteiger partial charge in [-0.2, -0.15) is 10.5 Å². The van der Waals surface area contributed by atoms with E-state index in [2.05, 4.69) is 31.0 Å². The molecule has 0 aliphatic heterocycles. The number of hydrogen-bond donors (Lipinski definition) is 2. The van der Waals surface area contributed by atoms with E-state index in [0.717, 1.165) is 12.3 Å². The van der Waals surface area contributed by atoms with Crippen LogP contribution in [-0.2, 0) is 6.42 Å². The average Bonchev–Trinajstić information content (AvgIpc) is 2.91. The van der Waals surface area contributed by atoms with E-state index in [-0.39, 0.29) is 22.6 Å². The Morgan fingerprint density at radius 1 is 1.30 bits per heavy atom. The maximum Gasteiger partial charge on any atom is 0.143 e. The van der Waals surface area contributed by atoms with Crippen molar-refractivity contribution in [1.29, 1.82) is 10.5 Å². The highest BCUT2D eigenvalue weighted by molar-refractivity contribution is 5.71. The van der Waals surface area contributed by atoms with Gasteiger partial charge in [-0.25, -0.2) is 4.98 Å². The number of anilines is 2. The molecule has 1 aliphatic carbocycles. The second-order valence-corrected chi connectivity index (χ2v) is 6.59. The SMILES string of the molecule is CC1CC/C(=C/CC(C)Cc2nc(N)c(C#N)c(N)c2C#N)C1. The number of nitrogen functional groups attached to an aromatic ring is 2. The molecular weight excluding hydrogens is 286 g/mol. The predicted molar refractivity (Wildman–Crippen MR) is 91.1 cm³/mol. The molecule has 2 rings (SSSR count). The molecule has 1 heterocycles. The summed E-state index contributed by atoms with van der Waals surface area (Å²) < 4.78 is 0. The highest BCUT2D eigenvalue weighted by Gasteiger charge is 2.18. The molecule has 120 valence electrons. The highest BCUT2D eigenvalue weighted by atomic mass is 14.9. The lowest BCUT2D eigenvalue weighted by atomic mass is 9.96. The molecule has 0 radical (unpaired) electrons. The van der Waals surface area contributed by atoms with E-state index in [1.54, 1.807) is 0 Å². The standard InChI is InChI=1S/C18H23N5/c1-11-3-5-13(7-11)6-4-12(2)8-16-14(9-19)17(21)15(10-20)18(22)23-16/h6,11-12H,3-5,7-8H2,1-2H3,(H4,21,22,23)/b13-6-. The third kappa shape index (κ3) is 3.81. The van der Waals surface area contributed by atoms with Gasteiger partial charge in [0.2, 0.25) is 0 Å². The highest BCUT2D eigenvalue weighted by Crippen LogP contribution is 2.31. The minimum absolute atomic E-state index is 0.0972. The third-order valence-electron chi connectivity index (χ3n) is 4.48. The summed E-state index contributed by atoms with van der Waals surface area (Å²) in [5.41, 5.74) is 14.3. The lowest BCUT2D eigenvalue weighted by molar-refractivity contribution is 0.577. The summed E-state index contributed by atoms with van der Waals surface area (Å²) in [6.45, 7) is 4.42. The minimum Gasteiger partial charge on any atom is -0.396 e. The first-order chi connectivity index (χ1) is 11.0. The summed E-state index contributed by atoms with van der Waals surface area (Å²) in [6.07, 6.45) is 7.59. The minimum atomic E-state index is 0.0972. The van der Waals surface area contributed by atoms with Crippen molar-refractivity contribution in [3.8, 4) is 12.1 Å². The van der Waals surface area contributed by atoms with Gasteiger partial charge in [0.1, 0.15) is 23.5 Å². The number of aromatic nitrogens is 1. The second kappa shape index (κ2) is 7.15. The van der Waals surface area contributed by atoms with Crippen molar-refractivity contribution in [2.75, 3.05) is 11.5 Å². The molecule has 1 fully saturated rings. The fourth-order valence-corrected chi connectivity index (χ4v) is 3.12. The van der Waals surface area contributed by atoms with Gasteiger partial charge in [0.05, 0.1) is 16.9 Å². The molecule has 0 amide bonds. The molecular formula is C18H23N5. The van der Waals surface area contributed by atoms with E-state index in [1.165, 1.54) is 24.8 Å². The fraction of sp³-hybridized carbons (Fsp3) is 0.500. The fourth-order valence-electron chi connectivity index (χ4n) is 3.12. The smallest absolute Gasteiger partial charge is 0.143 e. The van der Waals surface area contributed by atoms with Gasteiger partial charge >= 0.3 is 0 Å². The van der Waals surface area contributed by atoms with Gasteiger partial charge in [0.25, 0.3) is 0 Å². The van der Waals surface area contributed by atoms with E-state index in [0.29, 0.717) is 18.0 Å². The van der Waals surface area contributed by atoms with Crippen LogP contribution in [0, 0.1) is 34.5 Å².